The summed E-state index contributed by atoms with van der Waals surface area (Å²) in [6.45, 7) is 6.57. The molecule has 0 bridgehead atoms. The number of benzene rings is 3. The van der Waals surface area contributed by atoms with Gasteiger partial charge in [0.15, 0.2) is 5.13 Å². The number of fused-ring (bicyclic) bond motifs is 2. The van der Waals surface area contributed by atoms with Crippen molar-refractivity contribution >= 4 is 67.4 Å². The minimum absolute atomic E-state index is 0. The average molecular weight is 502 g/mol. The van der Waals surface area contributed by atoms with Gasteiger partial charge in [-0.1, -0.05) is 53.3 Å². The molecule has 1 aliphatic rings. The van der Waals surface area contributed by atoms with Gasteiger partial charge >= 0.3 is 0 Å². The quantitative estimate of drug-likeness (QED) is 0.346. The smallest absolute Gasteiger partial charge is 0.260 e. The van der Waals surface area contributed by atoms with Gasteiger partial charge in [0.25, 0.3) is 5.91 Å². The number of carbonyl (C=O) groups is 1. The zero-order chi connectivity index (χ0) is 22.1. The van der Waals surface area contributed by atoms with Gasteiger partial charge < -0.3 is 4.74 Å². The third-order valence-corrected chi connectivity index (χ3v) is 7.10. The van der Waals surface area contributed by atoms with Crippen LogP contribution in [0.25, 0.3) is 21.0 Å². The Morgan fingerprint density at radius 3 is 2.67 bits per heavy atom. The number of halogens is 2. The van der Waals surface area contributed by atoms with E-state index in [-0.39, 0.29) is 18.3 Å². The Labute approximate surface area is 208 Å². The van der Waals surface area contributed by atoms with Crippen molar-refractivity contribution in [2.45, 2.75) is 6.92 Å². The first-order chi connectivity index (χ1) is 15.6. The maximum Gasteiger partial charge on any atom is 0.260 e. The Bertz CT molecular complexity index is 1290. The van der Waals surface area contributed by atoms with Crippen molar-refractivity contribution in [1.82, 2.24) is 9.88 Å². The highest BCUT2D eigenvalue weighted by Gasteiger charge is 2.23. The number of aromatic nitrogens is 1. The molecule has 5 rings (SSSR count). The van der Waals surface area contributed by atoms with Crippen LogP contribution in [-0.2, 0) is 4.74 Å². The van der Waals surface area contributed by atoms with Gasteiger partial charge in [-0.3, -0.25) is 14.6 Å². The molecule has 3 aromatic carbocycles. The Kier molecular flexibility index (Phi) is 7.51. The molecule has 4 aromatic rings. The van der Waals surface area contributed by atoms with E-state index in [1.54, 1.807) is 0 Å². The second-order valence-corrected chi connectivity index (χ2v) is 9.48. The second kappa shape index (κ2) is 10.4. The van der Waals surface area contributed by atoms with Gasteiger partial charge in [0.2, 0.25) is 0 Å². The largest absolute Gasteiger partial charge is 0.379 e. The number of hydrogen-bond donors (Lipinski definition) is 0. The van der Waals surface area contributed by atoms with E-state index in [9.17, 15) is 4.79 Å². The van der Waals surface area contributed by atoms with Crippen LogP contribution in [0.2, 0.25) is 5.02 Å². The standard InChI is InChI=1S/C25H24ClN3O2S.ClH/c1-17-14-21(26)16-22-23(17)27-25(32-22)29(9-8-28-10-12-31-13-11-28)24(30)20-7-6-18-4-2-3-5-19(18)15-20;/h2-7,14-16H,8-13H2,1H3;1H. The highest BCUT2D eigenvalue weighted by Crippen LogP contribution is 2.34. The van der Waals surface area contributed by atoms with E-state index in [2.05, 4.69) is 11.0 Å². The molecule has 2 heterocycles. The number of aryl methyl sites for hydroxylation is 1. The molecule has 1 fully saturated rings. The summed E-state index contributed by atoms with van der Waals surface area (Å²) in [5, 5.41) is 3.57. The molecule has 5 nitrogen and oxygen atoms in total. The maximum absolute atomic E-state index is 13.7. The molecule has 8 heteroatoms. The van der Waals surface area contributed by atoms with Gasteiger partial charge in [-0.2, -0.15) is 0 Å². The molecule has 0 unspecified atom stereocenters. The molecular weight excluding hydrogens is 477 g/mol. The van der Waals surface area contributed by atoms with Crippen molar-refractivity contribution in [3.8, 4) is 0 Å². The Balaban J connectivity index is 0.00000259. The lowest BCUT2D eigenvalue weighted by atomic mass is 10.1. The number of thiazole rings is 1. The van der Waals surface area contributed by atoms with Crippen LogP contribution in [0.15, 0.2) is 54.6 Å². The Morgan fingerprint density at radius 2 is 1.88 bits per heavy atom. The topological polar surface area (TPSA) is 45.7 Å². The Morgan fingerprint density at radius 1 is 1.12 bits per heavy atom. The van der Waals surface area contributed by atoms with Crippen LogP contribution in [0.4, 0.5) is 5.13 Å². The van der Waals surface area contributed by atoms with Gasteiger partial charge in [0.1, 0.15) is 0 Å². The molecule has 172 valence electrons. The SMILES string of the molecule is Cc1cc(Cl)cc2sc(N(CCN3CCOCC3)C(=O)c3ccc4ccccc4c3)nc12.Cl. The minimum Gasteiger partial charge on any atom is -0.379 e. The normalized spacial score (nSPS) is 14.4. The first-order valence-electron chi connectivity index (χ1n) is 10.8. The molecule has 0 atom stereocenters. The molecule has 1 aliphatic heterocycles. The monoisotopic (exact) mass is 501 g/mol. The summed E-state index contributed by atoms with van der Waals surface area (Å²) in [4.78, 5) is 22.7. The molecule has 0 spiro atoms. The zero-order valence-corrected chi connectivity index (χ0v) is 20.7. The van der Waals surface area contributed by atoms with Crippen LogP contribution in [0, 0.1) is 6.92 Å². The highest BCUT2D eigenvalue weighted by molar-refractivity contribution is 7.22. The number of amides is 1. The number of carbonyl (C=O) groups excluding carboxylic acids is 1. The van der Waals surface area contributed by atoms with Gasteiger partial charge in [-0.25, -0.2) is 4.98 Å². The van der Waals surface area contributed by atoms with E-state index in [0.717, 1.165) is 59.4 Å². The van der Waals surface area contributed by atoms with Crippen LogP contribution >= 0.6 is 35.3 Å². The van der Waals surface area contributed by atoms with Crippen molar-refractivity contribution in [2.75, 3.05) is 44.3 Å². The van der Waals surface area contributed by atoms with Gasteiger partial charge in [-0.15, -0.1) is 12.4 Å². The summed E-state index contributed by atoms with van der Waals surface area (Å²) in [6.07, 6.45) is 0. The number of anilines is 1. The van der Waals surface area contributed by atoms with Gasteiger partial charge in [0.05, 0.1) is 23.4 Å². The van der Waals surface area contributed by atoms with Crippen molar-refractivity contribution in [3.63, 3.8) is 0 Å². The molecule has 33 heavy (non-hydrogen) atoms. The molecular formula is C25H25Cl2N3O2S. The summed E-state index contributed by atoms with van der Waals surface area (Å²) >= 11 is 7.78. The lowest BCUT2D eigenvalue weighted by Crippen LogP contribution is -2.43. The molecule has 0 radical (unpaired) electrons. The summed E-state index contributed by atoms with van der Waals surface area (Å²) in [5.74, 6) is -0.0354. The minimum atomic E-state index is -0.0354. The third kappa shape index (κ3) is 5.15. The summed E-state index contributed by atoms with van der Waals surface area (Å²) < 4.78 is 6.46. The van der Waals surface area contributed by atoms with Crippen molar-refractivity contribution < 1.29 is 9.53 Å². The maximum atomic E-state index is 13.7. The van der Waals surface area contributed by atoms with Crippen LogP contribution in [0.5, 0.6) is 0 Å². The van der Waals surface area contributed by atoms with E-state index in [4.69, 9.17) is 21.3 Å². The van der Waals surface area contributed by atoms with Crippen molar-refractivity contribution in [2.24, 2.45) is 0 Å². The van der Waals surface area contributed by atoms with Crippen LogP contribution < -0.4 is 4.90 Å². The van der Waals surface area contributed by atoms with E-state index in [1.165, 1.54) is 11.3 Å². The number of nitrogens with zero attached hydrogens (tertiary/aromatic N) is 3. The van der Waals surface area contributed by atoms with Crippen molar-refractivity contribution in [3.05, 3.63) is 70.7 Å². The fourth-order valence-corrected chi connectivity index (χ4v) is 5.53. The van der Waals surface area contributed by atoms with E-state index >= 15 is 0 Å². The zero-order valence-electron chi connectivity index (χ0n) is 18.3. The molecule has 1 amide bonds. The fraction of sp³-hybridized carbons (Fsp3) is 0.280. The van der Waals surface area contributed by atoms with Gasteiger partial charge in [0, 0.05) is 36.8 Å². The lowest BCUT2D eigenvalue weighted by Gasteiger charge is -2.29. The first-order valence-corrected chi connectivity index (χ1v) is 12.0. The Hall–Kier alpha value is -2.22. The van der Waals surface area contributed by atoms with Crippen LogP contribution in [0.3, 0.4) is 0 Å². The number of ether oxygens (including phenoxy) is 1. The first kappa shape index (κ1) is 23.9. The molecule has 0 aliphatic carbocycles. The van der Waals surface area contributed by atoms with Crippen molar-refractivity contribution in [1.29, 1.82) is 0 Å². The predicted molar refractivity (Wildman–Crippen MR) is 139 cm³/mol. The second-order valence-electron chi connectivity index (χ2n) is 8.04. The summed E-state index contributed by atoms with van der Waals surface area (Å²) in [7, 11) is 0. The summed E-state index contributed by atoms with van der Waals surface area (Å²) in [6, 6.07) is 17.8. The lowest BCUT2D eigenvalue weighted by molar-refractivity contribution is 0.0391. The number of hydrogen-bond acceptors (Lipinski definition) is 5. The number of morpholine rings is 1. The summed E-state index contributed by atoms with van der Waals surface area (Å²) in [5.41, 5.74) is 2.58. The van der Waals surface area contributed by atoms with Crippen LogP contribution in [0.1, 0.15) is 15.9 Å². The highest BCUT2D eigenvalue weighted by atomic mass is 35.5. The van der Waals surface area contributed by atoms with Gasteiger partial charge in [-0.05, 0) is 47.5 Å². The van der Waals surface area contributed by atoms with E-state index in [0.29, 0.717) is 22.3 Å². The molecule has 0 N–H and O–H groups in total. The molecule has 0 saturated carbocycles. The average Bonchev–Trinajstić information content (AvgIpc) is 3.23. The van der Waals surface area contributed by atoms with E-state index < -0.39 is 0 Å². The molecule has 1 saturated heterocycles. The third-order valence-electron chi connectivity index (χ3n) is 5.85. The predicted octanol–water partition coefficient (Wildman–Crippen LogP) is 5.81. The van der Waals surface area contributed by atoms with Crippen LogP contribution in [-0.4, -0.2) is 55.2 Å². The van der Waals surface area contributed by atoms with E-state index in [1.807, 2.05) is 60.4 Å². The fourth-order valence-electron chi connectivity index (χ4n) is 4.09. The molecule has 1 aromatic heterocycles. The number of rotatable bonds is 5.